The van der Waals surface area contributed by atoms with E-state index in [1.165, 1.54) is 0 Å². The van der Waals surface area contributed by atoms with Crippen molar-refractivity contribution in [2.45, 2.75) is 39.2 Å². The summed E-state index contributed by atoms with van der Waals surface area (Å²) in [5.41, 5.74) is 7.54. The lowest BCUT2D eigenvalue weighted by Crippen LogP contribution is -2.29. The molecule has 4 heteroatoms. The summed E-state index contributed by atoms with van der Waals surface area (Å²) < 4.78 is 0. The lowest BCUT2D eigenvalue weighted by atomic mass is 10.00. The van der Waals surface area contributed by atoms with Gasteiger partial charge in [-0.2, -0.15) is 0 Å². The van der Waals surface area contributed by atoms with Crippen molar-refractivity contribution in [3.63, 3.8) is 0 Å². The fraction of sp³-hybridized carbons (Fsp3) is 0.667. The van der Waals surface area contributed by atoms with Gasteiger partial charge in [-0.25, -0.2) is 0 Å². The lowest BCUT2D eigenvalue weighted by Gasteiger charge is -2.20. The topological polar surface area (TPSA) is 90.1 Å². The molecular weight excluding hydrogens is 166 g/mol. The molecule has 0 saturated heterocycles. The molecule has 6 N–H and O–H groups in total. The molecule has 1 rings (SSSR count). The number of nitrogens with two attached hydrogens (primary N) is 1. The van der Waals surface area contributed by atoms with E-state index in [4.69, 9.17) is 5.73 Å². The summed E-state index contributed by atoms with van der Waals surface area (Å²) in [6.45, 7) is 4.08. The third kappa shape index (κ3) is 3.46. The van der Waals surface area contributed by atoms with Crippen LogP contribution in [0.1, 0.15) is 33.1 Å². The summed E-state index contributed by atoms with van der Waals surface area (Å²) in [5.74, 6) is 0.285. The van der Waals surface area contributed by atoms with Crippen molar-refractivity contribution in [2.24, 2.45) is 5.73 Å². The van der Waals surface area contributed by atoms with Gasteiger partial charge in [-0.3, -0.25) is 4.79 Å². The van der Waals surface area contributed by atoms with E-state index in [-0.39, 0.29) is 11.9 Å². The van der Waals surface area contributed by atoms with E-state index in [9.17, 15) is 4.79 Å². The summed E-state index contributed by atoms with van der Waals surface area (Å²) in [4.78, 5) is 11.1. The molecule has 0 bridgehead atoms. The van der Waals surface area contributed by atoms with Crippen LogP contribution >= 0.6 is 0 Å². The molecule has 1 aliphatic rings. The molecule has 0 aromatic carbocycles. The first-order valence-corrected chi connectivity index (χ1v) is 4.35. The minimum absolute atomic E-state index is 0. The summed E-state index contributed by atoms with van der Waals surface area (Å²) in [6, 6.07) is 0.351. The molecule has 0 saturated carbocycles. The number of carbonyl (C=O) groups excluding carboxylic acids is 1. The molecular formula is C9H19N3O. The second kappa shape index (κ2) is 4.87. The van der Waals surface area contributed by atoms with E-state index in [0.717, 1.165) is 11.4 Å². The molecule has 0 fully saturated rings. The van der Waals surface area contributed by atoms with Crippen molar-refractivity contribution in [3.05, 3.63) is 11.4 Å². The van der Waals surface area contributed by atoms with Gasteiger partial charge in [0.05, 0.1) is 0 Å². The van der Waals surface area contributed by atoms with Crippen LogP contribution in [-0.4, -0.2) is 11.8 Å². The Labute approximate surface area is 79.2 Å². The van der Waals surface area contributed by atoms with Gasteiger partial charge >= 0.3 is 0 Å². The predicted octanol–water partition coefficient (Wildman–Crippen LogP) is 1.07. The highest BCUT2D eigenvalue weighted by Gasteiger charge is 2.16. The van der Waals surface area contributed by atoms with Gasteiger partial charge in [0.25, 0.3) is 0 Å². The Balaban J connectivity index is 0.00000144. The zero-order valence-electron chi connectivity index (χ0n) is 8.39. The number of allylic oxidation sites excluding steroid dienone is 2. The standard InChI is InChI=1S/C9H16N2O.H3N/c1-6(2)11-9-5-7(12)3-4-8(9)10;/h6,11H,3-5,10H2,1-2H3;1H3. The number of rotatable bonds is 2. The van der Waals surface area contributed by atoms with Crippen LogP contribution in [0.2, 0.25) is 0 Å². The van der Waals surface area contributed by atoms with Crippen molar-refractivity contribution >= 4 is 5.78 Å². The van der Waals surface area contributed by atoms with Gasteiger partial charge in [0.1, 0.15) is 5.78 Å². The monoisotopic (exact) mass is 185 g/mol. The fourth-order valence-corrected chi connectivity index (χ4v) is 1.32. The van der Waals surface area contributed by atoms with E-state index in [1.54, 1.807) is 0 Å². The average molecular weight is 185 g/mol. The number of Topliss-reactive ketones (excluding diaryl/α,β-unsaturated/α-hetero) is 1. The number of hydrogen-bond donors (Lipinski definition) is 3. The number of ketones is 1. The van der Waals surface area contributed by atoms with Crippen LogP contribution in [0.15, 0.2) is 11.4 Å². The molecule has 0 aliphatic heterocycles. The van der Waals surface area contributed by atoms with Crippen LogP contribution < -0.4 is 17.2 Å². The van der Waals surface area contributed by atoms with Crippen LogP contribution in [0.3, 0.4) is 0 Å². The minimum Gasteiger partial charge on any atom is -0.401 e. The zero-order valence-corrected chi connectivity index (χ0v) is 8.39. The molecule has 0 atom stereocenters. The highest BCUT2D eigenvalue weighted by molar-refractivity contribution is 5.82. The van der Waals surface area contributed by atoms with E-state index in [1.807, 2.05) is 13.8 Å². The Hall–Kier alpha value is -1.03. The Kier molecular flexibility index (Phi) is 4.48. The second-order valence-electron chi connectivity index (χ2n) is 3.52. The van der Waals surface area contributed by atoms with Gasteiger partial charge in [-0.05, 0) is 20.3 Å². The third-order valence-corrected chi connectivity index (χ3v) is 1.90. The average Bonchev–Trinajstić information content (AvgIpc) is 1.96. The van der Waals surface area contributed by atoms with Crippen LogP contribution in [0.4, 0.5) is 0 Å². The molecule has 0 unspecified atom stereocenters. The van der Waals surface area contributed by atoms with Crippen molar-refractivity contribution in [2.75, 3.05) is 0 Å². The first-order valence-electron chi connectivity index (χ1n) is 4.35. The Morgan fingerprint density at radius 3 is 2.54 bits per heavy atom. The van der Waals surface area contributed by atoms with Gasteiger partial charge in [0.2, 0.25) is 0 Å². The van der Waals surface area contributed by atoms with E-state index >= 15 is 0 Å². The van der Waals surface area contributed by atoms with Gasteiger partial charge in [-0.15, -0.1) is 0 Å². The highest BCUT2D eigenvalue weighted by Crippen LogP contribution is 2.16. The SMILES string of the molecule is CC(C)NC1=C(N)CCC(=O)C1.N. The quantitative estimate of drug-likeness (QED) is 0.600. The molecule has 0 heterocycles. The molecule has 1 aliphatic carbocycles. The molecule has 76 valence electrons. The molecule has 0 aromatic heterocycles. The number of carbonyl (C=O) groups is 1. The first kappa shape index (κ1) is 12.0. The molecule has 0 aromatic rings. The Morgan fingerprint density at radius 2 is 2.00 bits per heavy atom. The zero-order chi connectivity index (χ0) is 9.14. The summed E-state index contributed by atoms with van der Waals surface area (Å²) in [5, 5.41) is 3.20. The van der Waals surface area contributed by atoms with Gasteiger partial charge < -0.3 is 17.2 Å². The maximum atomic E-state index is 11.1. The lowest BCUT2D eigenvalue weighted by molar-refractivity contribution is -0.118. The van der Waals surface area contributed by atoms with E-state index < -0.39 is 0 Å². The molecule has 0 amide bonds. The Morgan fingerprint density at radius 1 is 1.38 bits per heavy atom. The molecule has 13 heavy (non-hydrogen) atoms. The maximum absolute atomic E-state index is 11.1. The molecule has 0 radical (unpaired) electrons. The first-order chi connectivity index (χ1) is 5.59. The highest BCUT2D eigenvalue weighted by atomic mass is 16.1. The van der Waals surface area contributed by atoms with Crippen molar-refractivity contribution < 1.29 is 4.79 Å². The van der Waals surface area contributed by atoms with Crippen LogP contribution in [0.5, 0.6) is 0 Å². The number of hydrogen-bond acceptors (Lipinski definition) is 4. The van der Waals surface area contributed by atoms with Gasteiger partial charge in [0.15, 0.2) is 0 Å². The van der Waals surface area contributed by atoms with Crippen LogP contribution in [0.25, 0.3) is 0 Å². The minimum atomic E-state index is 0. The fourth-order valence-electron chi connectivity index (χ4n) is 1.32. The van der Waals surface area contributed by atoms with Crippen molar-refractivity contribution in [1.29, 1.82) is 0 Å². The Bertz CT molecular complexity index is 221. The smallest absolute Gasteiger partial charge is 0.139 e. The summed E-state index contributed by atoms with van der Waals surface area (Å²) >= 11 is 0. The van der Waals surface area contributed by atoms with Crippen LogP contribution in [0, 0.1) is 0 Å². The largest absolute Gasteiger partial charge is 0.401 e. The summed E-state index contributed by atoms with van der Waals surface area (Å²) in [6.07, 6.45) is 1.81. The van der Waals surface area contributed by atoms with Crippen molar-refractivity contribution in [3.8, 4) is 0 Å². The van der Waals surface area contributed by atoms with Gasteiger partial charge in [0, 0.05) is 30.3 Å². The molecule has 0 spiro atoms. The van der Waals surface area contributed by atoms with Crippen LogP contribution in [-0.2, 0) is 4.79 Å². The third-order valence-electron chi connectivity index (χ3n) is 1.90. The van der Waals surface area contributed by atoms with Gasteiger partial charge in [-0.1, -0.05) is 0 Å². The van der Waals surface area contributed by atoms with E-state index in [2.05, 4.69) is 5.32 Å². The summed E-state index contributed by atoms with van der Waals surface area (Å²) in [7, 11) is 0. The second-order valence-corrected chi connectivity index (χ2v) is 3.52. The predicted molar refractivity (Wildman–Crippen MR) is 53.4 cm³/mol. The number of nitrogens with one attached hydrogen (secondary N) is 1. The molecule has 4 nitrogen and oxygen atoms in total. The van der Waals surface area contributed by atoms with Crippen molar-refractivity contribution in [1.82, 2.24) is 11.5 Å². The van der Waals surface area contributed by atoms with E-state index in [0.29, 0.717) is 25.3 Å². The maximum Gasteiger partial charge on any atom is 0.139 e. The normalized spacial score (nSPS) is 17.3.